The highest BCUT2D eigenvalue weighted by molar-refractivity contribution is 4.81. The highest BCUT2D eigenvalue weighted by Crippen LogP contribution is 2.07. The molecule has 1 fully saturated rings. The second-order valence-electron chi connectivity index (χ2n) is 2.17. The second kappa shape index (κ2) is 2.42. The van der Waals surface area contributed by atoms with E-state index in [-0.39, 0.29) is 6.04 Å². The maximum Gasteiger partial charge on any atom is 0.114 e. The highest BCUT2D eigenvalue weighted by Gasteiger charge is 2.21. The summed E-state index contributed by atoms with van der Waals surface area (Å²) >= 11 is 0. The molecule has 2 nitrogen and oxygen atoms in total. The Labute approximate surface area is 48.2 Å². The van der Waals surface area contributed by atoms with Gasteiger partial charge in [-0.1, -0.05) is 0 Å². The number of halogens is 1. The molecule has 1 heterocycles. The first kappa shape index (κ1) is 5.98. The molecule has 0 saturated carbocycles. The van der Waals surface area contributed by atoms with Gasteiger partial charge in [-0.2, -0.15) is 0 Å². The first-order valence-electron chi connectivity index (χ1n) is 2.90. The molecule has 0 radical (unpaired) electrons. The van der Waals surface area contributed by atoms with Crippen LogP contribution in [0.2, 0.25) is 0 Å². The standard InChI is InChI=1S/C5H11FN2/c6-4-1-5(2-7)8-3-4/h4-5,8H,1-3,7H2/t4-,5+/m0/s1. The Kier molecular flexibility index (Phi) is 1.81. The predicted molar refractivity (Wildman–Crippen MR) is 30.4 cm³/mol. The highest BCUT2D eigenvalue weighted by atomic mass is 19.1. The largest absolute Gasteiger partial charge is 0.329 e. The van der Waals surface area contributed by atoms with Crippen molar-refractivity contribution in [2.24, 2.45) is 5.73 Å². The van der Waals surface area contributed by atoms with E-state index in [0.29, 0.717) is 19.5 Å². The van der Waals surface area contributed by atoms with Gasteiger partial charge in [-0.3, -0.25) is 0 Å². The van der Waals surface area contributed by atoms with Gasteiger partial charge in [0, 0.05) is 19.1 Å². The van der Waals surface area contributed by atoms with Gasteiger partial charge in [-0.15, -0.1) is 0 Å². The van der Waals surface area contributed by atoms with Crippen molar-refractivity contribution in [2.75, 3.05) is 13.1 Å². The lowest BCUT2D eigenvalue weighted by molar-refractivity contribution is 0.355. The number of alkyl halides is 1. The summed E-state index contributed by atoms with van der Waals surface area (Å²) in [5.74, 6) is 0. The second-order valence-corrected chi connectivity index (χ2v) is 2.17. The van der Waals surface area contributed by atoms with Gasteiger partial charge < -0.3 is 11.1 Å². The summed E-state index contributed by atoms with van der Waals surface area (Å²) in [6.07, 6.45) is -0.0696. The normalized spacial score (nSPS) is 38.2. The molecule has 1 aliphatic rings. The van der Waals surface area contributed by atoms with E-state index >= 15 is 0 Å². The monoisotopic (exact) mass is 118 g/mol. The summed E-state index contributed by atoms with van der Waals surface area (Å²) in [4.78, 5) is 0. The maximum atomic E-state index is 12.2. The summed E-state index contributed by atoms with van der Waals surface area (Å²) in [6.45, 7) is 1.04. The van der Waals surface area contributed by atoms with Crippen molar-refractivity contribution in [1.29, 1.82) is 0 Å². The topological polar surface area (TPSA) is 38.0 Å². The minimum Gasteiger partial charge on any atom is -0.329 e. The van der Waals surface area contributed by atoms with Crippen LogP contribution < -0.4 is 11.1 Å². The Morgan fingerprint density at radius 2 is 2.50 bits per heavy atom. The molecule has 3 heteroatoms. The quantitative estimate of drug-likeness (QED) is 0.493. The van der Waals surface area contributed by atoms with Crippen LogP contribution in [0.15, 0.2) is 0 Å². The Morgan fingerprint density at radius 1 is 1.75 bits per heavy atom. The average Bonchev–Trinajstić information content (AvgIpc) is 2.14. The molecule has 0 spiro atoms. The van der Waals surface area contributed by atoms with Gasteiger partial charge >= 0.3 is 0 Å². The van der Waals surface area contributed by atoms with Crippen molar-refractivity contribution in [3.05, 3.63) is 0 Å². The van der Waals surface area contributed by atoms with Gasteiger partial charge in [-0.25, -0.2) is 4.39 Å². The zero-order valence-electron chi connectivity index (χ0n) is 4.73. The molecule has 0 bridgehead atoms. The molecule has 0 unspecified atom stereocenters. The van der Waals surface area contributed by atoms with Crippen molar-refractivity contribution in [1.82, 2.24) is 5.32 Å². The number of hydrogen-bond acceptors (Lipinski definition) is 2. The van der Waals surface area contributed by atoms with Gasteiger partial charge in [-0.05, 0) is 6.42 Å². The summed E-state index contributed by atoms with van der Waals surface area (Å²) in [5.41, 5.74) is 5.27. The van der Waals surface area contributed by atoms with Crippen LogP contribution >= 0.6 is 0 Å². The van der Waals surface area contributed by atoms with Crippen molar-refractivity contribution < 1.29 is 4.39 Å². The van der Waals surface area contributed by atoms with Crippen LogP contribution in [0, 0.1) is 0 Å². The Balaban J connectivity index is 2.22. The van der Waals surface area contributed by atoms with Crippen molar-refractivity contribution in [3.8, 4) is 0 Å². The molecule has 0 aliphatic carbocycles. The van der Waals surface area contributed by atoms with E-state index in [1.807, 2.05) is 0 Å². The van der Waals surface area contributed by atoms with E-state index in [1.54, 1.807) is 0 Å². The fourth-order valence-corrected chi connectivity index (χ4v) is 0.949. The SMILES string of the molecule is NC[C@H]1C[C@H](F)CN1. The molecule has 2 atom stereocenters. The summed E-state index contributed by atoms with van der Waals surface area (Å²) in [6, 6.07) is 0.227. The zero-order valence-corrected chi connectivity index (χ0v) is 4.73. The van der Waals surface area contributed by atoms with Gasteiger partial charge in [0.1, 0.15) is 6.17 Å². The van der Waals surface area contributed by atoms with Gasteiger partial charge in [0.25, 0.3) is 0 Å². The molecule has 8 heavy (non-hydrogen) atoms. The van der Waals surface area contributed by atoms with Crippen molar-refractivity contribution in [3.63, 3.8) is 0 Å². The molecule has 0 aromatic carbocycles. The van der Waals surface area contributed by atoms with Gasteiger partial charge in [0.15, 0.2) is 0 Å². The number of nitrogens with one attached hydrogen (secondary N) is 1. The lowest BCUT2D eigenvalue weighted by Crippen LogP contribution is -2.29. The summed E-state index contributed by atoms with van der Waals surface area (Å²) in [7, 11) is 0. The predicted octanol–water partition coefficient (Wildman–Crippen LogP) is -0.355. The van der Waals surface area contributed by atoms with Crippen LogP contribution in [-0.4, -0.2) is 25.3 Å². The molecular weight excluding hydrogens is 107 g/mol. The fraction of sp³-hybridized carbons (Fsp3) is 1.00. The Morgan fingerprint density at radius 3 is 2.75 bits per heavy atom. The van der Waals surface area contributed by atoms with E-state index in [4.69, 9.17) is 5.73 Å². The fourth-order valence-electron chi connectivity index (χ4n) is 0.949. The molecule has 3 N–H and O–H groups in total. The Bertz CT molecular complexity index is 76.8. The van der Waals surface area contributed by atoms with E-state index in [9.17, 15) is 4.39 Å². The van der Waals surface area contributed by atoms with Crippen LogP contribution in [0.1, 0.15) is 6.42 Å². The molecule has 1 saturated heterocycles. The molecule has 1 rings (SSSR count). The maximum absolute atomic E-state index is 12.2. The van der Waals surface area contributed by atoms with Crippen LogP contribution in [0.4, 0.5) is 4.39 Å². The van der Waals surface area contributed by atoms with Crippen molar-refractivity contribution in [2.45, 2.75) is 18.6 Å². The number of rotatable bonds is 1. The van der Waals surface area contributed by atoms with Gasteiger partial charge in [0.05, 0.1) is 0 Å². The average molecular weight is 118 g/mol. The molecular formula is C5H11FN2. The molecule has 48 valence electrons. The molecule has 0 amide bonds. The third-order valence-electron chi connectivity index (χ3n) is 1.45. The van der Waals surface area contributed by atoms with E-state index in [1.165, 1.54) is 0 Å². The van der Waals surface area contributed by atoms with E-state index in [0.717, 1.165) is 0 Å². The Hall–Kier alpha value is -0.150. The summed E-state index contributed by atoms with van der Waals surface area (Å²) < 4.78 is 12.2. The third kappa shape index (κ3) is 1.17. The first-order valence-corrected chi connectivity index (χ1v) is 2.90. The van der Waals surface area contributed by atoms with Crippen molar-refractivity contribution >= 4 is 0 Å². The van der Waals surface area contributed by atoms with E-state index < -0.39 is 6.17 Å². The smallest absolute Gasteiger partial charge is 0.114 e. The minimum atomic E-state index is -0.663. The molecule has 1 aliphatic heterocycles. The van der Waals surface area contributed by atoms with Gasteiger partial charge in [0.2, 0.25) is 0 Å². The number of nitrogens with two attached hydrogens (primary N) is 1. The summed E-state index contributed by atoms with van der Waals surface area (Å²) in [5, 5.41) is 2.96. The molecule has 0 aromatic heterocycles. The molecule has 0 aromatic rings. The van der Waals surface area contributed by atoms with Crippen LogP contribution in [-0.2, 0) is 0 Å². The van der Waals surface area contributed by atoms with E-state index in [2.05, 4.69) is 5.32 Å². The van der Waals surface area contributed by atoms with Crippen LogP contribution in [0.5, 0.6) is 0 Å². The number of hydrogen-bond donors (Lipinski definition) is 2. The third-order valence-corrected chi connectivity index (χ3v) is 1.45. The lowest BCUT2D eigenvalue weighted by Gasteiger charge is -2.02. The zero-order chi connectivity index (χ0) is 5.98. The van der Waals surface area contributed by atoms with Crippen LogP contribution in [0.25, 0.3) is 0 Å². The lowest BCUT2D eigenvalue weighted by atomic mass is 10.2. The van der Waals surface area contributed by atoms with Crippen LogP contribution in [0.3, 0.4) is 0 Å². The first-order chi connectivity index (χ1) is 3.83. The minimum absolute atomic E-state index is 0.227.